The van der Waals surface area contributed by atoms with E-state index in [4.69, 9.17) is 9.15 Å². The van der Waals surface area contributed by atoms with Crippen molar-refractivity contribution in [2.45, 2.75) is 18.3 Å². The first-order valence-electron chi connectivity index (χ1n) is 7.76. The highest BCUT2D eigenvalue weighted by molar-refractivity contribution is 5.51. The van der Waals surface area contributed by atoms with Gasteiger partial charge in [0, 0.05) is 31.2 Å². The SMILES string of the molecule is c1ccc(C2(c3nnc(-c4ccncc4)o3)CCOCC2)cc1. The predicted molar refractivity (Wildman–Crippen MR) is 84.8 cm³/mol. The molecule has 0 atom stereocenters. The van der Waals surface area contributed by atoms with Crippen LogP contribution in [0, 0.1) is 0 Å². The van der Waals surface area contributed by atoms with Gasteiger partial charge in [0.05, 0.1) is 5.41 Å². The molecule has 0 bridgehead atoms. The Kier molecular flexibility index (Phi) is 3.63. The molecule has 1 aliphatic rings. The lowest BCUT2D eigenvalue weighted by Crippen LogP contribution is -2.35. The van der Waals surface area contributed by atoms with Gasteiger partial charge in [0.2, 0.25) is 11.8 Å². The molecule has 116 valence electrons. The molecule has 23 heavy (non-hydrogen) atoms. The maximum Gasteiger partial charge on any atom is 0.247 e. The normalized spacial score (nSPS) is 17.0. The fourth-order valence-electron chi connectivity index (χ4n) is 3.13. The Labute approximate surface area is 134 Å². The van der Waals surface area contributed by atoms with Crippen LogP contribution in [0.15, 0.2) is 59.3 Å². The van der Waals surface area contributed by atoms with Gasteiger partial charge in [-0.1, -0.05) is 30.3 Å². The summed E-state index contributed by atoms with van der Waals surface area (Å²) in [7, 11) is 0. The zero-order valence-corrected chi connectivity index (χ0v) is 12.7. The first-order chi connectivity index (χ1) is 11.4. The molecule has 0 unspecified atom stereocenters. The molecule has 0 saturated carbocycles. The number of aromatic nitrogens is 3. The number of hydrogen-bond donors (Lipinski definition) is 0. The first kappa shape index (κ1) is 14.1. The van der Waals surface area contributed by atoms with Crippen LogP contribution >= 0.6 is 0 Å². The van der Waals surface area contributed by atoms with Crippen LogP contribution in [0.5, 0.6) is 0 Å². The number of ether oxygens (including phenoxy) is 1. The molecule has 1 fully saturated rings. The second-order valence-corrected chi connectivity index (χ2v) is 5.71. The fourth-order valence-corrected chi connectivity index (χ4v) is 3.13. The van der Waals surface area contributed by atoms with Gasteiger partial charge in [-0.25, -0.2) is 0 Å². The van der Waals surface area contributed by atoms with Crippen molar-refractivity contribution in [2.24, 2.45) is 0 Å². The van der Waals surface area contributed by atoms with E-state index in [0.717, 1.165) is 18.4 Å². The highest BCUT2D eigenvalue weighted by Gasteiger charge is 2.41. The van der Waals surface area contributed by atoms with Crippen LogP contribution in [0.25, 0.3) is 11.5 Å². The van der Waals surface area contributed by atoms with Crippen molar-refractivity contribution in [3.05, 3.63) is 66.3 Å². The summed E-state index contributed by atoms with van der Waals surface area (Å²) in [5.74, 6) is 1.20. The molecule has 5 heteroatoms. The fraction of sp³-hybridized carbons (Fsp3) is 0.278. The van der Waals surface area contributed by atoms with Gasteiger partial charge in [-0.2, -0.15) is 0 Å². The van der Waals surface area contributed by atoms with E-state index in [2.05, 4.69) is 27.3 Å². The van der Waals surface area contributed by atoms with Gasteiger partial charge in [0.25, 0.3) is 0 Å². The third-order valence-electron chi connectivity index (χ3n) is 4.43. The lowest BCUT2D eigenvalue weighted by atomic mass is 9.74. The summed E-state index contributed by atoms with van der Waals surface area (Å²) in [4.78, 5) is 4.02. The molecular formula is C18H17N3O2. The van der Waals surface area contributed by atoms with E-state index >= 15 is 0 Å². The zero-order valence-electron chi connectivity index (χ0n) is 12.7. The predicted octanol–water partition coefficient (Wildman–Crippen LogP) is 3.23. The summed E-state index contributed by atoms with van der Waals surface area (Å²) in [5.41, 5.74) is 1.82. The Bertz CT molecular complexity index is 765. The molecule has 2 aromatic heterocycles. The monoisotopic (exact) mass is 307 g/mol. The minimum atomic E-state index is -0.266. The van der Waals surface area contributed by atoms with Crippen molar-refractivity contribution in [1.82, 2.24) is 15.2 Å². The van der Waals surface area contributed by atoms with Crippen LogP contribution in [0.1, 0.15) is 24.3 Å². The lowest BCUT2D eigenvalue weighted by Gasteiger charge is -2.34. The minimum absolute atomic E-state index is 0.266. The molecule has 5 nitrogen and oxygen atoms in total. The molecule has 0 amide bonds. The maximum absolute atomic E-state index is 6.06. The van der Waals surface area contributed by atoms with Gasteiger partial charge in [-0.15, -0.1) is 10.2 Å². The highest BCUT2D eigenvalue weighted by Crippen LogP contribution is 2.41. The quantitative estimate of drug-likeness (QED) is 0.743. The van der Waals surface area contributed by atoms with E-state index < -0.39 is 0 Å². The topological polar surface area (TPSA) is 61.0 Å². The van der Waals surface area contributed by atoms with E-state index in [1.807, 2.05) is 30.3 Å². The third kappa shape index (κ3) is 2.53. The number of pyridine rings is 1. The van der Waals surface area contributed by atoms with Crippen molar-refractivity contribution in [3.8, 4) is 11.5 Å². The summed E-state index contributed by atoms with van der Waals surface area (Å²) < 4.78 is 11.6. The molecule has 0 spiro atoms. The van der Waals surface area contributed by atoms with Crippen molar-refractivity contribution >= 4 is 0 Å². The standard InChI is InChI=1S/C18H17N3O2/c1-2-4-15(5-3-1)18(8-12-22-13-9-18)17-21-20-16(23-17)14-6-10-19-11-7-14/h1-7,10-11H,8-9,12-13H2. The average molecular weight is 307 g/mol. The van der Waals surface area contributed by atoms with Gasteiger partial charge in [0.15, 0.2) is 0 Å². The molecule has 3 aromatic rings. The molecule has 4 rings (SSSR count). The largest absolute Gasteiger partial charge is 0.420 e. The first-order valence-corrected chi connectivity index (χ1v) is 7.76. The Morgan fingerprint density at radius 1 is 0.870 bits per heavy atom. The average Bonchev–Trinajstić information content (AvgIpc) is 3.14. The van der Waals surface area contributed by atoms with E-state index in [9.17, 15) is 0 Å². The van der Waals surface area contributed by atoms with Crippen molar-refractivity contribution < 1.29 is 9.15 Å². The van der Waals surface area contributed by atoms with E-state index in [0.29, 0.717) is 25.0 Å². The zero-order chi connectivity index (χ0) is 15.5. The summed E-state index contributed by atoms with van der Waals surface area (Å²) in [6.45, 7) is 1.39. The van der Waals surface area contributed by atoms with Crippen molar-refractivity contribution in [2.75, 3.05) is 13.2 Å². The smallest absolute Gasteiger partial charge is 0.247 e. The third-order valence-corrected chi connectivity index (χ3v) is 4.43. The van der Waals surface area contributed by atoms with Crippen LogP contribution in [0.3, 0.4) is 0 Å². The molecule has 1 aromatic carbocycles. The Balaban J connectivity index is 1.78. The van der Waals surface area contributed by atoms with Gasteiger partial charge >= 0.3 is 0 Å². The van der Waals surface area contributed by atoms with E-state index in [-0.39, 0.29) is 5.41 Å². The number of benzene rings is 1. The number of rotatable bonds is 3. The molecule has 0 aliphatic carbocycles. The van der Waals surface area contributed by atoms with Gasteiger partial charge < -0.3 is 9.15 Å². The maximum atomic E-state index is 6.06. The summed E-state index contributed by atoms with van der Waals surface area (Å²) in [6.07, 6.45) is 5.13. The van der Waals surface area contributed by atoms with Crippen molar-refractivity contribution in [3.63, 3.8) is 0 Å². The second-order valence-electron chi connectivity index (χ2n) is 5.71. The van der Waals surface area contributed by atoms with Gasteiger partial charge in [-0.05, 0) is 30.5 Å². The van der Waals surface area contributed by atoms with Crippen LogP contribution in [0.4, 0.5) is 0 Å². The summed E-state index contributed by atoms with van der Waals surface area (Å²) >= 11 is 0. The van der Waals surface area contributed by atoms with Crippen LogP contribution in [-0.2, 0) is 10.2 Å². The van der Waals surface area contributed by atoms with E-state index in [1.165, 1.54) is 5.56 Å². The molecule has 0 radical (unpaired) electrons. The highest BCUT2D eigenvalue weighted by atomic mass is 16.5. The van der Waals surface area contributed by atoms with Crippen LogP contribution in [0.2, 0.25) is 0 Å². The van der Waals surface area contributed by atoms with Gasteiger partial charge in [0.1, 0.15) is 0 Å². The molecule has 1 aliphatic heterocycles. The molecule has 0 N–H and O–H groups in total. The minimum Gasteiger partial charge on any atom is -0.420 e. The second kappa shape index (κ2) is 5.93. The Morgan fingerprint density at radius 3 is 2.35 bits per heavy atom. The molecular weight excluding hydrogens is 290 g/mol. The molecule has 1 saturated heterocycles. The molecule has 3 heterocycles. The van der Waals surface area contributed by atoms with Crippen LogP contribution < -0.4 is 0 Å². The Hall–Kier alpha value is -2.53. The number of hydrogen-bond acceptors (Lipinski definition) is 5. The Morgan fingerprint density at radius 2 is 1.61 bits per heavy atom. The van der Waals surface area contributed by atoms with Gasteiger partial charge in [-0.3, -0.25) is 4.98 Å². The summed E-state index contributed by atoms with van der Waals surface area (Å²) in [5, 5.41) is 8.62. The number of nitrogens with zero attached hydrogens (tertiary/aromatic N) is 3. The lowest BCUT2D eigenvalue weighted by molar-refractivity contribution is 0.0546. The van der Waals surface area contributed by atoms with Crippen molar-refractivity contribution in [1.29, 1.82) is 0 Å². The van der Waals surface area contributed by atoms with Crippen LogP contribution in [-0.4, -0.2) is 28.4 Å². The summed E-state index contributed by atoms with van der Waals surface area (Å²) in [6, 6.07) is 14.1. The van der Waals surface area contributed by atoms with E-state index in [1.54, 1.807) is 12.4 Å².